The molecule has 1 heterocycles. The van der Waals surface area contributed by atoms with Crippen LogP contribution in [0.4, 0.5) is 5.82 Å². The fraction of sp³-hybridized carbons (Fsp3) is 0.750. The van der Waals surface area contributed by atoms with E-state index in [1.807, 2.05) is 6.07 Å². The van der Waals surface area contributed by atoms with Crippen molar-refractivity contribution in [2.24, 2.45) is 11.8 Å². The van der Waals surface area contributed by atoms with Crippen molar-refractivity contribution in [3.63, 3.8) is 0 Å². The van der Waals surface area contributed by atoms with Gasteiger partial charge in [0.25, 0.3) is 0 Å². The summed E-state index contributed by atoms with van der Waals surface area (Å²) in [4.78, 5) is 8.93. The number of nitrogens with one attached hydrogen (secondary N) is 1. The van der Waals surface area contributed by atoms with Gasteiger partial charge >= 0.3 is 0 Å². The first-order valence-corrected chi connectivity index (χ1v) is 8.40. The van der Waals surface area contributed by atoms with E-state index in [0.717, 1.165) is 30.0 Å². The largest absolute Gasteiger partial charge is 0.370 e. The molecule has 0 atom stereocenters. The van der Waals surface area contributed by atoms with Gasteiger partial charge in [-0.15, -0.1) is 0 Å². The highest BCUT2D eigenvalue weighted by Crippen LogP contribution is 2.39. The van der Waals surface area contributed by atoms with Crippen molar-refractivity contribution in [3.05, 3.63) is 17.0 Å². The number of anilines is 1. The molecule has 0 amide bonds. The summed E-state index contributed by atoms with van der Waals surface area (Å²) >= 11 is 6.09. The monoisotopic (exact) mass is 293 g/mol. The molecule has 3 nitrogen and oxygen atoms in total. The molecule has 0 bridgehead atoms. The molecule has 2 aliphatic carbocycles. The van der Waals surface area contributed by atoms with Gasteiger partial charge in [-0.25, -0.2) is 9.97 Å². The maximum absolute atomic E-state index is 6.09. The van der Waals surface area contributed by atoms with E-state index in [9.17, 15) is 0 Å². The molecule has 1 aromatic rings. The Bertz CT molecular complexity index is 451. The van der Waals surface area contributed by atoms with Crippen molar-refractivity contribution in [2.45, 2.75) is 57.8 Å². The number of nitrogens with zero attached hydrogens (tertiary/aromatic N) is 2. The quantitative estimate of drug-likeness (QED) is 0.804. The average Bonchev–Trinajstić information content (AvgIpc) is 3.30. The maximum Gasteiger partial charge on any atom is 0.135 e. The van der Waals surface area contributed by atoms with Gasteiger partial charge < -0.3 is 5.32 Å². The topological polar surface area (TPSA) is 37.8 Å². The molecule has 1 N–H and O–H groups in total. The van der Waals surface area contributed by atoms with Gasteiger partial charge in [-0.05, 0) is 37.5 Å². The van der Waals surface area contributed by atoms with Crippen molar-refractivity contribution in [1.82, 2.24) is 9.97 Å². The van der Waals surface area contributed by atoms with E-state index < -0.39 is 0 Å². The van der Waals surface area contributed by atoms with Gasteiger partial charge in [0.1, 0.15) is 16.8 Å². The molecule has 0 unspecified atom stereocenters. The fourth-order valence-electron chi connectivity index (χ4n) is 3.14. The molecule has 3 rings (SSSR count). The van der Waals surface area contributed by atoms with E-state index in [0.29, 0.717) is 11.1 Å². The molecule has 2 saturated carbocycles. The Kier molecular flexibility index (Phi) is 4.45. The minimum atomic E-state index is 0.550. The van der Waals surface area contributed by atoms with Crippen molar-refractivity contribution in [1.29, 1.82) is 0 Å². The average molecular weight is 294 g/mol. The van der Waals surface area contributed by atoms with Crippen LogP contribution in [0.1, 0.15) is 63.6 Å². The third-order valence-corrected chi connectivity index (χ3v) is 4.96. The summed E-state index contributed by atoms with van der Waals surface area (Å²) in [5.41, 5.74) is 0. The zero-order valence-corrected chi connectivity index (χ0v) is 13.0. The smallest absolute Gasteiger partial charge is 0.135 e. The van der Waals surface area contributed by atoms with Gasteiger partial charge in [0, 0.05) is 18.5 Å². The maximum atomic E-state index is 6.09. The first-order chi connectivity index (χ1) is 9.74. The highest BCUT2D eigenvalue weighted by atomic mass is 35.5. The van der Waals surface area contributed by atoms with Crippen LogP contribution in [0.3, 0.4) is 0 Å². The highest BCUT2D eigenvalue weighted by molar-refractivity contribution is 6.29. The molecule has 0 spiro atoms. The Labute approximate surface area is 126 Å². The number of rotatable bonds is 5. The lowest BCUT2D eigenvalue weighted by atomic mass is 9.81. The highest BCUT2D eigenvalue weighted by Gasteiger charge is 2.27. The van der Waals surface area contributed by atoms with Crippen LogP contribution in [-0.2, 0) is 0 Å². The lowest BCUT2D eigenvalue weighted by molar-refractivity contribution is 0.278. The third kappa shape index (κ3) is 3.63. The first-order valence-electron chi connectivity index (χ1n) is 8.03. The van der Waals surface area contributed by atoms with Crippen LogP contribution in [0.15, 0.2) is 6.07 Å². The zero-order chi connectivity index (χ0) is 13.9. The van der Waals surface area contributed by atoms with Gasteiger partial charge in [0.15, 0.2) is 0 Å². The molecule has 2 aliphatic rings. The molecular formula is C16H24ClN3. The Balaban J connectivity index is 1.53. The second-order valence-corrected chi connectivity index (χ2v) is 6.77. The second kappa shape index (κ2) is 6.30. The fourth-order valence-corrected chi connectivity index (χ4v) is 3.33. The lowest BCUT2D eigenvalue weighted by Gasteiger charge is -2.28. The Morgan fingerprint density at radius 1 is 1.10 bits per heavy atom. The molecular weight excluding hydrogens is 270 g/mol. The number of hydrogen-bond acceptors (Lipinski definition) is 3. The number of hydrogen-bond donors (Lipinski definition) is 1. The van der Waals surface area contributed by atoms with Crippen LogP contribution in [0.5, 0.6) is 0 Å². The summed E-state index contributed by atoms with van der Waals surface area (Å²) in [5, 5.41) is 4.04. The van der Waals surface area contributed by atoms with E-state index >= 15 is 0 Å². The Morgan fingerprint density at radius 2 is 1.80 bits per heavy atom. The van der Waals surface area contributed by atoms with Gasteiger partial charge in [-0.3, -0.25) is 0 Å². The van der Waals surface area contributed by atoms with Crippen molar-refractivity contribution >= 4 is 17.4 Å². The molecule has 110 valence electrons. The molecule has 20 heavy (non-hydrogen) atoms. The standard InChI is InChI=1S/C16H24ClN3/c1-2-11-3-5-12(6-4-11)10-18-15-9-14(17)19-16(20-15)13-7-8-13/h9,11-13H,2-8,10H2,1H3,(H,18,19,20). The summed E-state index contributed by atoms with van der Waals surface area (Å²) in [6.07, 6.45) is 9.23. The Morgan fingerprint density at radius 3 is 2.45 bits per heavy atom. The van der Waals surface area contributed by atoms with Crippen molar-refractivity contribution in [2.75, 3.05) is 11.9 Å². The molecule has 0 aromatic carbocycles. The van der Waals surface area contributed by atoms with Crippen LogP contribution in [0.25, 0.3) is 0 Å². The predicted molar refractivity (Wildman–Crippen MR) is 83.2 cm³/mol. The summed E-state index contributed by atoms with van der Waals surface area (Å²) in [5.74, 6) is 4.13. The van der Waals surface area contributed by atoms with Crippen LogP contribution >= 0.6 is 11.6 Å². The normalized spacial score (nSPS) is 26.5. The minimum absolute atomic E-state index is 0.550. The molecule has 2 fully saturated rings. The molecule has 1 aromatic heterocycles. The predicted octanol–water partition coefficient (Wildman–Crippen LogP) is 4.64. The van der Waals surface area contributed by atoms with Gasteiger partial charge in [0.05, 0.1) is 0 Å². The molecule has 4 heteroatoms. The molecule has 0 saturated heterocycles. The van der Waals surface area contributed by atoms with E-state index in [1.165, 1.54) is 44.9 Å². The van der Waals surface area contributed by atoms with E-state index in [1.54, 1.807) is 0 Å². The van der Waals surface area contributed by atoms with Crippen LogP contribution < -0.4 is 5.32 Å². The van der Waals surface area contributed by atoms with Crippen LogP contribution in [0.2, 0.25) is 5.15 Å². The second-order valence-electron chi connectivity index (χ2n) is 6.38. The summed E-state index contributed by atoms with van der Waals surface area (Å²) in [6, 6.07) is 1.85. The summed E-state index contributed by atoms with van der Waals surface area (Å²) in [7, 11) is 0. The van der Waals surface area contributed by atoms with Crippen molar-refractivity contribution < 1.29 is 0 Å². The summed E-state index contributed by atoms with van der Waals surface area (Å²) in [6.45, 7) is 3.33. The van der Waals surface area contributed by atoms with E-state index in [-0.39, 0.29) is 0 Å². The van der Waals surface area contributed by atoms with E-state index in [2.05, 4.69) is 22.2 Å². The summed E-state index contributed by atoms with van der Waals surface area (Å²) < 4.78 is 0. The lowest BCUT2D eigenvalue weighted by Crippen LogP contribution is -2.21. The van der Waals surface area contributed by atoms with Gasteiger partial charge in [-0.1, -0.05) is 37.8 Å². The van der Waals surface area contributed by atoms with Crippen LogP contribution in [-0.4, -0.2) is 16.5 Å². The first kappa shape index (κ1) is 14.1. The zero-order valence-electron chi connectivity index (χ0n) is 12.2. The third-order valence-electron chi connectivity index (χ3n) is 4.77. The van der Waals surface area contributed by atoms with Crippen LogP contribution in [0, 0.1) is 11.8 Å². The minimum Gasteiger partial charge on any atom is -0.370 e. The van der Waals surface area contributed by atoms with Crippen molar-refractivity contribution in [3.8, 4) is 0 Å². The van der Waals surface area contributed by atoms with E-state index in [4.69, 9.17) is 11.6 Å². The number of aromatic nitrogens is 2. The molecule has 0 radical (unpaired) electrons. The van der Waals surface area contributed by atoms with Gasteiger partial charge in [-0.2, -0.15) is 0 Å². The molecule has 0 aliphatic heterocycles. The van der Waals surface area contributed by atoms with Gasteiger partial charge in [0.2, 0.25) is 0 Å². The SMILES string of the molecule is CCC1CCC(CNc2cc(Cl)nc(C3CC3)n2)CC1. The Hall–Kier alpha value is -0.830. The number of halogens is 1.